The van der Waals surface area contributed by atoms with Gasteiger partial charge in [0.05, 0.1) is 6.61 Å². The van der Waals surface area contributed by atoms with E-state index in [9.17, 15) is 0 Å². The van der Waals surface area contributed by atoms with Crippen LogP contribution < -0.4 is 10.1 Å². The van der Waals surface area contributed by atoms with Crippen molar-refractivity contribution in [3.63, 3.8) is 0 Å². The van der Waals surface area contributed by atoms with E-state index < -0.39 is 0 Å². The molecule has 1 aromatic rings. The van der Waals surface area contributed by atoms with Crippen molar-refractivity contribution in [3.05, 3.63) is 29.8 Å². The van der Waals surface area contributed by atoms with Gasteiger partial charge in [-0.2, -0.15) is 0 Å². The van der Waals surface area contributed by atoms with E-state index in [2.05, 4.69) is 17.4 Å². The Kier molecular flexibility index (Phi) is 4.23. The summed E-state index contributed by atoms with van der Waals surface area (Å²) in [5, 5.41) is 3.48. The predicted octanol–water partition coefficient (Wildman–Crippen LogP) is 2.98. The molecule has 16 heavy (non-hydrogen) atoms. The molecule has 2 nitrogen and oxygen atoms in total. The molecule has 0 bridgehead atoms. The third-order valence-electron chi connectivity index (χ3n) is 2.99. The summed E-state index contributed by atoms with van der Waals surface area (Å²) in [4.78, 5) is 0. The Morgan fingerprint density at radius 2 is 2.00 bits per heavy atom. The van der Waals surface area contributed by atoms with Gasteiger partial charge in [0, 0.05) is 6.54 Å². The van der Waals surface area contributed by atoms with Gasteiger partial charge >= 0.3 is 0 Å². The van der Waals surface area contributed by atoms with Crippen LogP contribution in [0.4, 0.5) is 0 Å². The Morgan fingerprint density at radius 1 is 1.25 bits per heavy atom. The van der Waals surface area contributed by atoms with Gasteiger partial charge < -0.3 is 10.1 Å². The van der Waals surface area contributed by atoms with Crippen LogP contribution in [0.2, 0.25) is 0 Å². The minimum absolute atomic E-state index is 0.735. The standard InChI is InChI=1S/C14H21NO/c1-2-16-14-7-5-13(6-8-14)11-15-10-9-12-3-4-12/h5-8,12,15H,2-4,9-11H2,1H3. The summed E-state index contributed by atoms with van der Waals surface area (Å²) in [6, 6.07) is 8.35. The van der Waals surface area contributed by atoms with Crippen LogP contribution in [0, 0.1) is 5.92 Å². The first-order valence-electron chi connectivity index (χ1n) is 6.31. The highest BCUT2D eigenvalue weighted by molar-refractivity contribution is 5.27. The van der Waals surface area contributed by atoms with E-state index in [4.69, 9.17) is 4.74 Å². The lowest BCUT2D eigenvalue weighted by molar-refractivity contribution is 0.340. The second-order valence-corrected chi connectivity index (χ2v) is 4.49. The van der Waals surface area contributed by atoms with Gasteiger partial charge in [-0.15, -0.1) is 0 Å². The lowest BCUT2D eigenvalue weighted by Gasteiger charge is -2.06. The zero-order valence-corrected chi connectivity index (χ0v) is 10.0. The van der Waals surface area contributed by atoms with Crippen LogP contribution in [0.5, 0.6) is 5.75 Å². The molecule has 1 N–H and O–H groups in total. The summed E-state index contributed by atoms with van der Waals surface area (Å²) in [7, 11) is 0. The molecular formula is C14H21NO. The van der Waals surface area contributed by atoms with Crippen LogP contribution in [-0.4, -0.2) is 13.2 Å². The average molecular weight is 219 g/mol. The van der Waals surface area contributed by atoms with Gasteiger partial charge in [-0.1, -0.05) is 25.0 Å². The predicted molar refractivity (Wildman–Crippen MR) is 66.7 cm³/mol. The van der Waals surface area contributed by atoms with E-state index in [0.29, 0.717) is 0 Å². The Balaban J connectivity index is 1.67. The maximum Gasteiger partial charge on any atom is 0.119 e. The number of ether oxygens (including phenoxy) is 1. The van der Waals surface area contributed by atoms with Gasteiger partial charge in [-0.05, 0) is 43.5 Å². The molecule has 0 radical (unpaired) electrons. The zero-order valence-electron chi connectivity index (χ0n) is 10.0. The Morgan fingerprint density at radius 3 is 2.62 bits per heavy atom. The molecule has 0 saturated heterocycles. The van der Waals surface area contributed by atoms with Crippen LogP contribution >= 0.6 is 0 Å². The van der Waals surface area contributed by atoms with Crippen LogP contribution in [0.3, 0.4) is 0 Å². The summed E-state index contributed by atoms with van der Waals surface area (Å²) in [5.74, 6) is 1.98. The van der Waals surface area contributed by atoms with Gasteiger partial charge in [0.25, 0.3) is 0 Å². The molecule has 0 spiro atoms. The van der Waals surface area contributed by atoms with Crippen LogP contribution in [0.25, 0.3) is 0 Å². The Bertz CT molecular complexity index is 303. The topological polar surface area (TPSA) is 21.3 Å². The summed E-state index contributed by atoms with van der Waals surface area (Å²) in [6.45, 7) is 4.86. The van der Waals surface area contributed by atoms with Crippen molar-refractivity contribution in [1.82, 2.24) is 5.32 Å². The van der Waals surface area contributed by atoms with Crippen molar-refractivity contribution in [2.75, 3.05) is 13.2 Å². The highest BCUT2D eigenvalue weighted by Gasteiger charge is 2.19. The third kappa shape index (κ3) is 3.86. The second-order valence-electron chi connectivity index (χ2n) is 4.49. The molecule has 1 aliphatic carbocycles. The monoisotopic (exact) mass is 219 g/mol. The van der Waals surface area contributed by atoms with Crippen LogP contribution in [-0.2, 0) is 6.54 Å². The second kappa shape index (κ2) is 5.90. The normalized spacial score (nSPS) is 15.1. The number of benzene rings is 1. The first kappa shape index (κ1) is 11.5. The minimum atomic E-state index is 0.735. The molecular weight excluding hydrogens is 198 g/mol. The van der Waals surface area contributed by atoms with Crippen molar-refractivity contribution in [2.45, 2.75) is 32.7 Å². The summed E-state index contributed by atoms with van der Waals surface area (Å²) in [6.07, 6.45) is 4.24. The van der Waals surface area contributed by atoms with Crippen molar-refractivity contribution < 1.29 is 4.74 Å². The first-order chi connectivity index (χ1) is 7.88. The molecule has 0 unspecified atom stereocenters. The maximum absolute atomic E-state index is 5.41. The van der Waals surface area contributed by atoms with Crippen molar-refractivity contribution in [1.29, 1.82) is 0 Å². The molecule has 2 heteroatoms. The number of hydrogen-bond donors (Lipinski definition) is 1. The van der Waals surface area contributed by atoms with Crippen LogP contribution in [0.1, 0.15) is 31.7 Å². The molecule has 0 atom stereocenters. The molecule has 0 heterocycles. The van der Waals surface area contributed by atoms with Gasteiger partial charge in [-0.25, -0.2) is 0 Å². The fraction of sp³-hybridized carbons (Fsp3) is 0.571. The maximum atomic E-state index is 5.41. The highest BCUT2D eigenvalue weighted by atomic mass is 16.5. The Hall–Kier alpha value is -1.02. The molecule has 0 aromatic heterocycles. The fourth-order valence-electron chi connectivity index (χ4n) is 1.82. The Labute approximate surface area is 98.0 Å². The fourth-order valence-corrected chi connectivity index (χ4v) is 1.82. The largest absolute Gasteiger partial charge is 0.494 e. The summed E-state index contributed by atoms with van der Waals surface area (Å²) in [5.41, 5.74) is 1.33. The lowest BCUT2D eigenvalue weighted by Crippen LogP contribution is -2.15. The molecule has 0 aliphatic heterocycles. The molecule has 1 aromatic carbocycles. The highest BCUT2D eigenvalue weighted by Crippen LogP contribution is 2.31. The van der Waals surface area contributed by atoms with E-state index >= 15 is 0 Å². The quantitative estimate of drug-likeness (QED) is 0.712. The van der Waals surface area contributed by atoms with Crippen LogP contribution in [0.15, 0.2) is 24.3 Å². The van der Waals surface area contributed by atoms with Gasteiger partial charge in [0.1, 0.15) is 5.75 Å². The van der Waals surface area contributed by atoms with E-state index in [1.807, 2.05) is 19.1 Å². The van der Waals surface area contributed by atoms with E-state index in [-0.39, 0.29) is 0 Å². The van der Waals surface area contributed by atoms with Gasteiger partial charge in [-0.3, -0.25) is 0 Å². The molecule has 1 aliphatic rings. The molecule has 88 valence electrons. The summed E-state index contributed by atoms with van der Waals surface area (Å²) < 4.78 is 5.41. The van der Waals surface area contributed by atoms with Crippen molar-refractivity contribution in [3.8, 4) is 5.75 Å². The van der Waals surface area contributed by atoms with Crippen molar-refractivity contribution in [2.24, 2.45) is 5.92 Å². The number of hydrogen-bond acceptors (Lipinski definition) is 2. The van der Waals surface area contributed by atoms with Gasteiger partial charge in [0.15, 0.2) is 0 Å². The third-order valence-corrected chi connectivity index (χ3v) is 2.99. The zero-order chi connectivity index (χ0) is 11.2. The van der Waals surface area contributed by atoms with E-state index in [1.54, 1.807) is 0 Å². The average Bonchev–Trinajstić information content (AvgIpc) is 3.11. The van der Waals surface area contributed by atoms with E-state index in [1.165, 1.54) is 24.8 Å². The lowest BCUT2D eigenvalue weighted by atomic mass is 10.2. The molecule has 2 rings (SSSR count). The first-order valence-corrected chi connectivity index (χ1v) is 6.31. The number of nitrogens with one attached hydrogen (secondary N) is 1. The SMILES string of the molecule is CCOc1ccc(CNCCC2CC2)cc1. The summed E-state index contributed by atoms with van der Waals surface area (Å²) >= 11 is 0. The van der Waals surface area contributed by atoms with Gasteiger partial charge in [0.2, 0.25) is 0 Å². The minimum Gasteiger partial charge on any atom is -0.494 e. The smallest absolute Gasteiger partial charge is 0.119 e. The molecule has 0 amide bonds. The molecule has 1 saturated carbocycles. The van der Waals surface area contributed by atoms with Crippen molar-refractivity contribution >= 4 is 0 Å². The molecule has 1 fully saturated rings. The number of rotatable bonds is 7. The van der Waals surface area contributed by atoms with E-state index in [0.717, 1.165) is 31.4 Å².